The van der Waals surface area contributed by atoms with Gasteiger partial charge in [0, 0.05) is 18.2 Å². The average Bonchev–Trinajstić information content (AvgIpc) is 2.97. The molecule has 0 radical (unpaired) electrons. The highest BCUT2D eigenvalue weighted by Crippen LogP contribution is 2.39. The molecule has 1 amide bonds. The van der Waals surface area contributed by atoms with Crippen LogP contribution in [0.5, 0.6) is 0 Å². The number of hydrogen-bond acceptors (Lipinski definition) is 4. The Balaban J connectivity index is 1.83. The molecule has 25 heavy (non-hydrogen) atoms. The van der Waals surface area contributed by atoms with Crippen LogP contribution in [-0.2, 0) is 16.1 Å². The van der Waals surface area contributed by atoms with Crippen LogP contribution < -0.4 is 0 Å². The molecule has 0 aliphatic carbocycles. The number of carbonyl (C=O) groups excluding carboxylic acids is 2. The number of hydrogen-bond donors (Lipinski definition) is 0. The van der Waals surface area contributed by atoms with Gasteiger partial charge in [-0.25, -0.2) is 13.6 Å². The number of benzene rings is 2. The molecule has 1 unspecified atom stereocenters. The summed E-state index contributed by atoms with van der Waals surface area (Å²) in [5.74, 6) is -1.60. The van der Waals surface area contributed by atoms with Crippen LogP contribution in [0.1, 0.15) is 26.9 Å². The number of thioether (sulfide) groups is 1. The van der Waals surface area contributed by atoms with E-state index >= 15 is 0 Å². The van der Waals surface area contributed by atoms with Crippen LogP contribution in [0.4, 0.5) is 8.78 Å². The van der Waals surface area contributed by atoms with Gasteiger partial charge < -0.3 is 9.64 Å². The fourth-order valence-electron chi connectivity index (χ4n) is 2.64. The number of halogens is 2. The van der Waals surface area contributed by atoms with Crippen LogP contribution in [0.15, 0.2) is 42.5 Å². The van der Waals surface area contributed by atoms with Gasteiger partial charge in [-0.1, -0.05) is 18.2 Å². The van der Waals surface area contributed by atoms with E-state index in [2.05, 4.69) is 4.74 Å². The van der Waals surface area contributed by atoms with Crippen LogP contribution in [0, 0.1) is 11.6 Å². The van der Waals surface area contributed by atoms with Crippen molar-refractivity contribution < 1.29 is 23.1 Å². The maximum atomic E-state index is 13.9. The van der Waals surface area contributed by atoms with Gasteiger partial charge in [-0.2, -0.15) is 0 Å². The first-order chi connectivity index (χ1) is 12.0. The van der Waals surface area contributed by atoms with Gasteiger partial charge >= 0.3 is 5.97 Å². The molecule has 0 saturated carbocycles. The summed E-state index contributed by atoms with van der Waals surface area (Å²) in [5.41, 5.74) is 1.50. The molecule has 130 valence electrons. The van der Waals surface area contributed by atoms with Crippen LogP contribution in [0.3, 0.4) is 0 Å². The monoisotopic (exact) mass is 363 g/mol. The summed E-state index contributed by atoms with van der Waals surface area (Å²) in [6.07, 6.45) is 0. The number of methoxy groups -OCH3 is 1. The Hall–Kier alpha value is -2.41. The molecule has 1 fully saturated rings. The van der Waals surface area contributed by atoms with E-state index in [9.17, 15) is 18.4 Å². The van der Waals surface area contributed by atoms with E-state index < -0.39 is 17.6 Å². The number of amides is 1. The first kappa shape index (κ1) is 17.4. The molecule has 7 heteroatoms. The molecule has 4 nitrogen and oxygen atoms in total. The lowest BCUT2D eigenvalue weighted by atomic mass is 10.1. The second kappa shape index (κ2) is 7.23. The van der Waals surface area contributed by atoms with Crippen molar-refractivity contribution in [2.45, 2.75) is 11.9 Å². The summed E-state index contributed by atoms with van der Waals surface area (Å²) in [6.45, 7) is 0.0569. The fraction of sp³-hybridized carbons (Fsp3) is 0.222. The van der Waals surface area contributed by atoms with Crippen molar-refractivity contribution in [2.75, 3.05) is 12.9 Å². The summed E-state index contributed by atoms with van der Waals surface area (Å²) in [4.78, 5) is 25.3. The van der Waals surface area contributed by atoms with Gasteiger partial charge in [-0.3, -0.25) is 4.79 Å². The zero-order valence-corrected chi connectivity index (χ0v) is 14.2. The number of carbonyl (C=O) groups is 2. The van der Waals surface area contributed by atoms with Gasteiger partial charge in [0.15, 0.2) is 0 Å². The molecule has 1 saturated heterocycles. The quantitative estimate of drug-likeness (QED) is 0.780. The summed E-state index contributed by atoms with van der Waals surface area (Å²) in [5, 5.41) is -0.288. The lowest BCUT2D eigenvalue weighted by molar-refractivity contribution is -0.128. The highest BCUT2D eigenvalue weighted by molar-refractivity contribution is 8.00. The lowest BCUT2D eigenvalue weighted by Gasteiger charge is -2.24. The van der Waals surface area contributed by atoms with E-state index in [0.717, 1.165) is 11.6 Å². The Morgan fingerprint density at radius 1 is 1.24 bits per heavy atom. The second-order valence-corrected chi connectivity index (χ2v) is 6.60. The smallest absolute Gasteiger partial charge is 0.337 e. The van der Waals surface area contributed by atoms with E-state index in [1.165, 1.54) is 31.0 Å². The van der Waals surface area contributed by atoms with Gasteiger partial charge in [-0.05, 0) is 23.8 Å². The Morgan fingerprint density at radius 3 is 2.60 bits per heavy atom. The predicted molar refractivity (Wildman–Crippen MR) is 89.9 cm³/mol. The number of nitrogens with zero attached hydrogens (tertiary/aromatic N) is 1. The molecule has 0 aromatic heterocycles. The number of rotatable bonds is 4. The van der Waals surface area contributed by atoms with E-state index in [1.807, 2.05) is 0 Å². The summed E-state index contributed by atoms with van der Waals surface area (Å²) in [6, 6.07) is 10.1. The van der Waals surface area contributed by atoms with E-state index in [0.29, 0.717) is 5.56 Å². The normalized spacial score (nSPS) is 17.0. The molecule has 1 aliphatic heterocycles. The van der Waals surface area contributed by atoms with Gasteiger partial charge in [-0.15, -0.1) is 11.8 Å². The van der Waals surface area contributed by atoms with Gasteiger partial charge in [0.05, 0.1) is 18.4 Å². The highest BCUT2D eigenvalue weighted by atomic mass is 32.2. The topological polar surface area (TPSA) is 46.6 Å². The molecule has 3 rings (SSSR count). The molecular formula is C18H15F2NO3S. The molecule has 1 aliphatic rings. The summed E-state index contributed by atoms with van der Waals surface area (Å²) in [7, 11) is 1.31. The molecule has 1 heterocycles. The Bertz CT molecular complexity index is 810. The molecule has 2 aromatic carbocycles. The third-order valence-corrected chi connectivity index (χ3v) is 5.20. The van der Waals surface area contributed by atoms with Crippen LogP contribution in [0.25, 0.3) is 0 Å². The highest BCUT2D eigenvalue weighted by Gasteiger charge is 2.33. The minimum Gasteiger partial charge on any atom is -0.465 e. The Kier molecular flexibility index (Phi) is 5.03. The van der Waals surface area contributed by atoms with Crippen molar-refractivity contribution >= 4 is 23.6 Å². The van der Waals surface area contributed by atoms with Crippen molar-refractivity contribution in [1.29, 1.82) is 0 Å². The third-order valence-electron chi connectivity index (χ3n) is 3.94. The fourth-order valence-corrected chi connectivity index (χ4v) is 3.82. The van der Waals surface area contributed by atoms with Crippen LogP contribution in [0.2, 0.25) is 0 Å². The SMILES string of the molecule is COC(=O)c1ccc(C2SCC(=O)N2Cc2ccc(F)cc2F)cc1. The first-order valence-electron chi connectivity index (χ1n) is 7.53. The summed E-state index contributed by atoms with van der Waals surface area (Å²) < 4.78 is 31.6. The average molecular weight is 363 g/mol. The third kappa shape index (κ3) is 3.66. The van der Waals surface area contributed by atoms with Crippen LogP contribution >= 0.6 is 11.8 Å². The molecule has 2 aromatic rings. The molecule has 1 atom stereocenters. The van der Waals surface area contributed by atoms with Gasteiger partial charge in [0.1, 0.15) is 17.0 Å². The second-order valence-electron chi connectivity index (χ2n) is 5.53. The lowest BCUT2D eigenvalue weighted by Crippen LogP contribution is -2.28. The largest absolute Gasteiger partial charge is 0.465 e. The van der Waals surface area contributed by atoms with Crippen molar-refractivity contribution in [3.63, 3.8) is 0 Å². The van der Waals surface area contributed by atoms with Crippen molar-refractivity contribution in [3.05, 3.63) is 70.8 Å². The van der Waals surface area contributed by atoms with E-state index in [1.54, 1.807) is 29.2 Å². The van der Waals surface area contributed by atoms with Crippen molar-refractivity contribution in [1.82, 2.24) is 4.90 Å². The summed E-state index contributed by atoms with van der Waals surface area (Å²) >= 11 is 1.42. The molecule has 0 N–H and O–H groups in total. The molecule has 0 spiro atoms. The molecule has 0 bridgehead atoms. The zero-order chi connectivity index (χ0) is 18.0. The standard InChI is InChI=1S/C18H15F2NO3S/c1-24-18(23)12-4-2-11(3-5-12)17-21(16(22)10-25-17)9-13-6-7-14(19)8-15(13)20/h2-8,17H,9-10H2,1H3. The Morgan fingerprint density at radius 2 is 1.96 bits per heavy atom. The van der Waals surface area contributed by atoms with E-state index in [4.69, 9.17) is 0 Å². The van der Waals surface area contributed by atoms with Crippen molar-refractivity contribution in [3.8, 4) is 0 Å². The predicted octanol–water partition coefficient (Wildman–Crippen LogP) is 3.53. The van der Waals surface area contributed by atoms with Gasteiger partial charge in [0.2, 0.25) is 5.91 Å². The maximum absolute atomic E-state index is 13.9. The number of ether oxygens (including phenoxy) is 1. The van der Waals surface area contributed by atoms with E-state index in [-0.39, 0.29) is 29.1 Å². The Labute approximate surface area is 147 Å². The van der Waals surface area contributed by atoms with Crippen LogP contribution in [-0.4, -0.2) is 29.6 Å². The zero-order valence-electron chi connectivity index (χ0n) is 13.4. The minimum absolute atomic E-state index is 0.0569. The van der Waals surface area contributed by atoms with Gasteiger partial charge in [0.25, 0.3) is 0 Å². The molecular weight excluding hydrogens is 348 g/mol. The maximum Gasteiger partial charge on any atom is 0.337 e. The minimum atomic E-state index is -0.676. The number of esters is 1. The first-order valence-corrected chi connectivity index (χ1v) is 8.57. The van der Waals surface area contributed by atoms with Crippen molar-refractivity contribution in [2.24, 2.45) is 0 Å².